The molecule has 3 amide bonds. The summed E-state index contributed by atoms with van der Waals surface area (Å²) in [5.74, 6) is -0.107. The number of nitrogens with one attached hydrogen (secondary N) is 2. The first kappa shape index (κ1) is 12.2. The predicted octanol–water partition coefficient (Wildman–Crippen LogP) is 0.779. The highest BCUT2D eigenvalue weighted by Gasteiger charge is 2.52. The zero-order valence-electron chi connectivity index (χ0n) is 10.9. The molecule has 0 aromatic heterocycles. The minimum atomic E-state index is -0.707. The molecule has 2 fully saturated rings. The molecule has 19 heavy (non-hydrogen) atoms. The lowest BCUT2D eigenvalue weighted by Crippen LogP contribution is -2.48. The van der Waals surface area contributed by atoms with E-state index in [0.29, 0.717) is 19.5 Å². The third-order valence-corrected chi connectivity index (χ3v) is 3.82. The first-order valence-electron chi connectivity index (χ1n) is 6.51. The van der Waals surface area contributed by atoms with Crippen LogP contribution in [0.3, 0.4) is 0 Å². The lowest BCUT2D eigenvalue weighted by atomic mass is 9.99. The van der Waals surface area contributed by atoms with E-state index in [4.69, 9.17) is 0 Å². The molecular formula is C14H17N3O2. The SMILES string of the molecule is Cc1cccc(CN2C(=O)NC3(CCNC3)C2=O)c1. The highest BCUT2D eigenvalue weighted by Crippen LogP contribution is 2.25. The molecule has 2 aliphatic heterocycles. The maximum Gasteiger partial charge on any atom is 0.325 e. The number of carbonyl (C=O) groups is 2. The van der Waals surface area contributed by atoms with E-state index < -0.39 is 5.54 Å². The molecule has 1 atom stereocenters. The molecule has 1 aromatic rings. The Labute approximate surface area is 112 Å². The van der Waals surface area contributed by atoms with E-state index in [1.807, 2.05) is 31.2 Å². The maximum atomic E-state index is 12.4. The molecule has 1 spiro atoms. The number of carbonyl (C=O) groups excluding carboxylic acids is 2. The van der Waals surface area contributed by atoms with Crippen LogP contribution in [0.1, 0.15) is 17.5 Å². The number of hydrogen-bond donors (Lipinski definition) is 2. The summed E-state index contributed by atoms with van der Waals surface area (Å²) in [4.78, 5) is 25.8. The van der Waals surface area contributed by atoms with Gasteiger partial charge in [-0.25, -0.2) is 4.79 Å². The zero-order chi connectivity index (χ0) is 13.5. The highest BCUT2D eigenvalue weighted by atomic mass is 16.2. The van der Waals surface area contributed by atoms with Crippen LogP contribution in [-0.2, 0) is 11.3 Å². The van der Waals surface area contributed by atoms with E-state index in [2.05, 4.69) is 10.6 Å². The van der Waals surface area contributed by atoms with Crippen LogP contribution in [-0.4, -0.2) is 35.5 Å². The van der Waals surface area contributed by atoms with Crippen LogP contribution in [0.15, 0.2) is 24.3 Å². The molecule has 100 valence electrons. The summed E-state index contributed by atoms with van der Waals surface area (Å²) in [6.45, 7) is 3.64. The van der Waals surface area contributed by atoms with Crippen molar-refractivity contribution in [3.63, 3.8) is 0 Å². The molecule has 3 rings (SSSR count). The topological polar surface area (TPSA) is 61.4 Å². The lowest BCUT2D eigenvalue weighted by Gasteiger charge is -2.19. The molecule has 2 aliphatic rings. The van der Waals surface area contributed by atoms with Crippen LogP contribution in [0.25, 0.3) is 0 Å². The number of benzene rings is 1. The normalized spacial score (nSPS) is 26.3. The van der Waals surface area contributed by atoms with E-state index in [0.717, 1.165) is 17.7 Å². The van der Waals surface area contributed by atoms with Gasteiger partial charge in [-0.05, 0) is 25.5 Å². The van der Waals surface area contributed by atoms with Crippen molar-refractivity contribution in [3.05, 3.63) is 35.4 Å². The van der Waals surface area contributed by atoms with E-state index in [9.17, 15) is 9.59 Å². The van der Waals surface area contributed by atoms with Crippen molar-refractivity contribution < 1.29 is 9.59 Å². The van der Waals surface area contributed by atoms with Gasteiger partial charge in [0.1, 0.15) is 5.54 Å². The Hall–Kier alpha value is -1.88. The fourth-order valence-corrected chi connectivity index (χ4v) is 2.79. The summed E-state index contributed by atoms with van der Waals surface area (Å²) >= 11 is 0. The van der Waals surface area contributed by atoms with Crippen LogP contribution in [0, 0.1) is 6.92 Å². The number of aryl methyl sites for hydroxylation is 1. The Bertz CT molecular complexity index is 535. The largest absolute Gasteiger partial charge is 0.325 e. The van der Waals surface area contributed by atoms with Crippen LogP contribution in [0.5, 0.6) is 0 Å². The third-order valence-electron chi connectivity index (χ3n) is 3.82. The zero-order valence-corrected chi connectivity index (χ0v) is 10.9. The van der Waals surface area contributed by atoms with Gasteiger partial charge in [0.15, 0.2) is 0 Å². The molecule has 5 heteroatoms. The highest BCUT2D eigenvalue weighted by molar-refractivity contribution is 6.07. The van der Waals surface area contributed by atoms with Crippen molar-refractivity contribution in [1.82, 2.24) is 15.5 Å². The lowest BCUT2D eigenvalue weighted by molar-refractivity contribution is -0.131. The Morgan fingerprint density at radius 3 is 2.89 bits per heavy atom. The first-order valence-corrected chi connectivity index (χ1v) is 6.51. The molecule has 0 bridgehead atoms. The molecule has 2 N–H and O–H groups in total. The smallest absolute Gasteiger partial charge is 0.322 e. The van der Waals surface area contributed by atoms with E-state index in [-0.39, 0.29) is 11.9 Å². The molecule has 0 radical (unpaired) electrons. The predicted molar refractivity (Wildman–Crippen MR) is 70.5 cm³/mol. The fourth-order valence-electron chi connectivity index (χ4n) is 2.79. The third kappa shape index (κ3) is 2.00. The summed E-state index contributed by atoms with van der Waals surface area (Å²) in [5, 5.41) is 5.98. The second-order valence-electron chi connectivity index (χ2n) is 5.32. The molecule has 2 heterocycles. The van der Waals surface area contributed by atoms with E-state index >= 15 is 0 Å². The van der Waals surface area contributed by atoms with Crippen LogP contribution >= 0.6 is 0 Å². The monoisotopic (exact) mass is 259 g/mol. The van der Waals surface area contributed by atoms with Crippen molar-refractivity contribution in [2.45, 2.75) is 25.4 Å². The average molecular weight is 259 g/mol. The average Bonchev–Trinajstić information content (AvgIpc) is 2.92. The fraction of sp³-hybridized carbons (Fsp3) is 0.429. The van der Waals surface area contributed by atoms with Gasteiger partial charge in [-0.15, -0.1) is 0 Å². The van der Waals surface area contributed by atoms with Crippen LogP contribution < -0.4 is 10.6 Å². The molecule has 5 nitrogen and oxygen atoms in total. The van der Waals surface area contributed by atoms with Gasteiger partial charge in [-0.2, -0.15) is 0 Å². The van der Waals surface area contributed by atoms with Gasteiger partial charge in [-0.3, -0.25) is 9.69 Å². The van der Waals surface area contributed by atoms with Crippen molar-refractivity contribution >= 4 is 11.9 Å². The van der Waals surface area contributed by atoms with Crippen LogP contribution in [0.2, 0.25) is 0 Å². The number of urea groups is 1. The Balaban J connectivity index is 1.82. The second kappa shape index (κ2) is 4.35. The number of rotatable bonds is 2. The molecule has 0 saturated carbocycles. The summed E-state index contributed by atoms with van der Waals surface area (Å²) in [7, 11) is 0. The molecule has 1 unspecified atom stereocenters. The summed E-state index contributed by atoms with van der Waals surface area (Å²) in [5.41, 5.74) is 1.40. The van der Waals surface area contributed by atoms with Gasteiger partial charge in [-0.1, -0.05) is 29.8 Å². The maximum absolute atomic E-state index is 12.4. The van der Waals surface area contributed by atoms with E-state index in [1.165, 1.54) is 4.90 Å². The summed E-state index contributed by atoms with van der Waals surface area (Å²) in [6, 6.07) is 7.59. The van der Waals surface area contributed by atoms with Crippen molar-refractivity contribution in [3.8, 4) is 0 Å². The Kier molecular flexibility index (Phi) is 2.78. The Morgan fingerprint density at radius 1 is 1.37 bits per heavy atom. The minimum absolute atomic E-state index is 0.107. The molecule has 2 saturated heterocycles. The van der Waals surface area contributed by atoms with Crippen molar-refractivity contribution in [2.24, 2.45) is 0 Å². The Morgan fingerprint density at radius 2 is 2.21 bits per heavy atom. The van der Waals surface area contributed by atoms with Gasteiger partial charge in [0.25, 0.3) is 5.91 Å². The van der Waals surface area contributed by atoms with Gasteiger partial charge in [0.2, 0.25) is 0 Å². The first-order chi connectivity index (χ1) is 9.11. The standard InChI is InChI=1S/C14H17N3O2/c1-10-3-2-4-11(7-10)8-17-12(18)14(16-13(17)19)5-6-15-9-14/h2-4,7,15H,5-6,8-9H2,1H3,(H,16,19). The van der Waals surface area contributed by atoms with Gasteiger partial charge in [0, 0.05) is 6.54 Å². The van der Waals surface area contributed by atoms with Gasteiger partial charge in [0.05, 0.1) is 6.54 Å². The summed E-state index contributed by atoms with van der Waals surface area (Å²) in [6.07, 6.45) is 0.669. The number of hydrogen-bond acceptors (Lipinski definition) is 3. The van der Waals surface area contributed by atoms with Crippen molar-refractivity contribution in [1.29, 1.82) is 0 Å². The number of amides is 3. The van der Waals surface area contributed by atoms with Crippen LogP contribution in [0.4, 0.5) is 4.79 Å². The number of imide groups is 1. The van der Waals surface area contributed by atoms with Crippen molar-refractivity contribution in [2.75, 3.05) is 13.1 Å². The summed E-state index contributed by atoms with van der Waals surface area (Å²) < 4.78 is 0. The van der Waals surface area contributed by atoms with Gasteiger partial charge < -0.3 is 10.6 Å². The quantitative estimate of drug-likeness (QED) is 0.772. The molecular weight excluding hydrogens is 242 g/mol. The minimum Gasteiger partial charge on any atom is -0.322 e. The van der Waals surface area contributed by atoms with Gasteiger partial charge >= 0.3 is 6.03 Å². The second-order valence-corrected chi connectivity index (χ2v) is 5.32. The number of nitrogens with zero attached hydrogens (tertiary/aromatic N) is 1. The molecule has 0 aliphatic carbocycles. The van der Waals surface area contributed by atoms with E-state index in [1.54, 1.807) is 0 Å². The molecule has 1 aromatic carbocycles.